The Labute approximate surface area is 167 Å². The van der Waals surface area contributed by atoms with Gasteiger partial charge in [-0.05, 0) is 56.2 Å². The molecule has 4 nitrogen and oxygen atoms in total. The summed E-state index contributed by atoms with van der Waals surface area (Å²) in [5.74, 6) is -0.337. The van der Waals surface area contributed by atoms with Gasteiger partial charge in [0, 0.05) is 0 Å². The standard InChI is InChI=1S/C21H38O4Si2/c1-21(2,3)27(8,9)25-19(20(22)23-4)18(24-26(5,6)7)16-15-17-13-11-10-12-14-17/h10-14,18-19H,15-16H2,1-9H3. The van der Waals surface area contributed by atoms with Crippen molar-refractivity contribution >= 4 is 22.6 Å². The highest BCUT2D eigenvalue weighted by molar-refractivity contribution is 6.74. The minimum absolute atomic E-state index is 0.00239. The lowest BCUT2D eigenvalue weighted by molar-refractivity contribution is -0.154. The van der Waals surface area contributed by atoms with Crippen LogP contribution in [-0.4, -0.2) is 41.9 Å². The van der Waals surface area contributed by atoms with Gasteiger partial charge in [0.15, 0.2) is 22.7 Å². The van der Waals surface area contributed by atoms with Crippen molar-refractivity contribution in [3.05, 3.63) is 35.9 Å². The number of ether oxygens (including phenoxy) is 1. The Morgan fingerprint density at radius 2 is 1.56 bits per heavy atom. The zero-order valence-electron chi connectivity index (χ0n) is 18.6. The molecule has 1 aromatic rings. The highest BCUT2D eigenvalue weighted by Gasteiger charge is 2.44. The Balaban J connectivity index is 3.11. The van der Waals surface area contributed by atoms with Gasteiger partial charge in [0.1, 0.15) is 0 Å². The van der Waals surface area contributed by atoms with Crippen LogP contribution in [0.4, 0.5) is 0 Å². The van der Waals surface area contributed by atoms with Crippen LogP contribution in [0.15, 0.2) is 30.3 Å². The number of methoxy groups -OCH3 is 1. The molecule has 0 spiro atoms. The van der Waals surface area contributed by atoms with E-state index in [0.29, 0.717) is 0 Å². The minimum Gasteiger partial charge on any atom is -0.467 e. The Morgan fingerprint density at radius 3 is 2.00 bits per heavy atom. The molecule has 2 atom stereocenters. The van der Waals surface area contributed by atoms with Crippen molar-refractivity contribution in [3.63, 3.8) is 0 Å². The second-order valence-electron chi connectivity index (χ2n) is 9.61. The first-order valence-corrected chi connectivity index (χ1v) is 16.1. The third-order valence-corrected chi connectivity index (χ3v) is 10.5. The van der Waals surface area contributed by atoms with Crippen LogP contribution in [0.5, 0.6) is 0 Å². The fourth-order valence-electron chi connectivity index (χ4n) is 2.57. The topological polar surface area (TPSA) is 44.8 Å². The van der Waals surface area contributed by atoms with Gasteiger partial charge < -0.3 is 13.6 Å². The third-order valence-electron chi connectivity index (χ3n) is 5.06. The largest absolute Gasteiger partial charge is 0.467 e. The van der Waals surface area contributed by atoms with Crippen molar-refractivity contribution in [2.24, 2.45) is 0 Å². The molecule has 0 N–H and O–H groups in total. The fourth-order valence-corrected chi connectivity index (χ4v) is 4.95. The predicted molar refractivity (Wildman–Crippen MR) is 117 cm³/mol. The van der Waals surface area contributed by atoms with Gasteiger partial charge in [-0.2, -0.15) is 0 Å². The van der Waals surface area contributed by atoms with Crippen LogP contribution >= 0.6 is 0 Å². The Kier molecular flexibility index (Phi) is 8.47. The summed E-state index contributed by atoms with van der Waals surface area (Å²) in [7, 11) is -2.61. The highest BCUT2D eigenvalue weighted by Crippen LogP contribution is 2.38. The van der Waals surface area contributed by atoms with Gasteiger partial charge in [0.2, 0.25) is 0 Å². The van der Waals surface area contributed by atoms with Gasteiger partial charge in [-0.1, -0.05) is 51.1 Å². The van der Waals surface area contributed by atoms with E-state index < -0.39 is 22.7 Å². The van der Waals surface area contributed by atoms with Crippen LogP contribution in [-0.2, 0) is 24.8 Å². The van der Waals surface area contributed by atoms with Crippen LogP contribution in [0, 0.1) is 0 Å². The number of aryl methyl sites for hydroxylation is 1. The van der Waals surface area contributed by atoms with E-state index in [0.717, 1.165) is 12.8 Å². The molecule has 0 heterocycles. The number of esters is 1. The molecule has 0 bridgehead atoms. The smallest absolute Gasteiger partial charge is 0.336 e. The Bertz CT molecular complexity index is 588. The maximum absolute atomic E-state index is 12.7. The quantitative estimate of drug-likeness (QED) is 0.404. The predicted octanol–water partition coefficient (Wildman–Crippen LogP) is 5.40. The number of benzene rings is 1. The summed E-state index contributed by atoms with van der Waals surface area (Å²) in [6.07, 6.45) is 0.567. The van der Waals surface area contributed by atoms with E-state index in [4.69, 9.17) is 13.6 Å². The van der Waals surface area contributed by atoms with Crippen molar-refractivity contribution in [2.75, 3.05) is 7.11 Å². The molecular weight excluding hydrogens is 372 g/mol. The molecule has 0 saturated carbocycles. The van der Waals surface area contributed by atoms with Crippen molar-refractivity contribution in [1.29, 1.82) is 0 Å². The third kappa shape index (κ3) is 7.89. The molecule has 0 amide bonds. The van der Waals surface area contributed by atoms with Crippen LogP contribution in [0.25, 0.3) is 0 Å². The maximum atomic E-state index is 12.7. The van der Waals surface area contributed by atoms with Gasteiger partial charge in [0.05, 0.1) is 13.2 Å². The van der Waals surface area contributed by atoms with Gasteiger partial charge >= 0.3 is 5.97 Å². The van der Waals surface area contributed by atoms with E-state index in [2.05, 4.69) is 65.6 Å². The van der Waals surface area contributed by atoms with Crippen LogP contribution in [0.3, 0.4) is 0 Å². The molecule has 154 valence electrons. The fraction of sp³-hybridized carbons (Fsp3) is 0.667. The monoisotopic (exact) mass is 410 g/mol. The normalized spacial score (nSPS) is 15.3. The summed E-state index contributed by atoms with van der Waals surface area (Å²) in [5.41, 5.74) is 1.23. The second-order valence-corrected chi connectivity index (χ2v) is 18.8. The van der Waals surface area contributed by atoms with Gasteiger partial charge in [0.25, 0.3) is 0 Å². The molecule has 1 aromatic carbocycles. The molecule has 0 fully saturated rings. The van der Waals surface area contributed by atoms with E-state index in [-0.39, 0.29) is 17.1 Å². The van der Waals surface area contributed by atoms with E-state index >= 15 is 0 Å². The summed E-state index contributed by atoms with van der Waals surface area (Å²) < 4.78 is 18.1. The number of carbonyl (C=O) groups excluding carboxylic acids is 1. The van der Waals surface area contributed by atoms with Crippen molar-refractivity contribution in [1.82, 2.24) is 0 Å². The molecular formula is C21H38O4Si2. The minimum atomic E-state index is -2.16. The summed E-state index contributed by atoms with van der Waals surface area (Å²) in [5, 5.41) is 0.00239. The molecule has 1 rings (SSSR count). The first-order valence-electron chi connectivity index (χ1n) is 9.74. The molecule has 0 aliphatic heterocycles. The van der Waals surface area contributed by atoms with Crippen molar-refractivity contribution in [2.45, 2.75) is 83.6 Å². The zero-order chi connectivity index (χ0) is 20.9. The van der Waals surface area contributed by atoms with Gasteiger partial charge in [-0.25, -0.2) is 4.79 Å². The van der Waals surface area contributed by atoms with E-state index in [1.807, 2.05) is 18.2 Å². The molecule has 0 aliphatic carbocycles. The second kappa shape index (κ2) is 9.50. The number of carbonyl (C=O) groups is 1. The lowest BCUT2D eigenvalue weighted by atomic mass is 10.0. The lowest BCUT2D eigenvalue weighted by Crippen LogP contribution is -2.52. The molecule has 0 aromatic heterocycles. The number of rotatable bonds is 9. The Morgan fingerprint density at radius 1 is 1.00 bits per heavy atom. The average Bonchev–Trinajstić information content (AvgIpc) is 2.55. The van der Waals surface area contributed by atoms with Crippen LogP contribution in [0.1, 0.15) is 32.8 Å². The first-order chi connectivity index (χ1) is 12.3. The van der Waals surface area contributed by atoms with Gasteiger partial charge in [-0.3, -0.25) is 0 Å². The molecule has 0 radical (unpaired) electrons. The summed E-state index contributed by atoms with van der Waals surface area (Å²) in [4.78, 5) is 12.7. The van der Waals surface area contributed by atoms with E-state index in [1.165, 1.54) is 12.7 Å². The average molecular weight is 411 g/mol. The van der Waals surface area contributed by atoms with Crippen molar-refractivity contribution in [3.8, 4) is 0 Å². The van der Waals surface area contributed by atoms with Crippen LogP contribution < -0.4 is 0 Å². The molecule has 0 aliphatic rings. The Hall–Kier alpha value is -0.956. The molecule has 6 heteroatoms. The van der Waals surface area contributed by atoms with Crippen molar-refractivity contribution < 1.29 is 18.4 Å². The zero-order valence-corrected chi connectivity index (χ0v) is 20.6. The summed E-state index contributed by atoms with van der Waals surface area (Å²) in [6.45, 7) is 17.3. The van der Waals surface area contributed by atoms with Crippen LogP contribution in [0.2, 0.25) is 37.8 Å². The number of hydrogen-bond donors (Lipinski definition) is 0. The summed E-state index contributed by atoms with van der Waals surface area (Å²) in [6, 6.07) is 10.3. The molecule has 27 heavy (non-hydrogen) atoms. The summed E-state index contributed by atoms with van der Waals surface area (Å²) >= 11 is 0. The van der Waals surface area contributed by atoms with Gasteiger partial charge in [-0.15, -0.1) is 0 Å². The SMILES string of the molecule is COC(=O)C(O[Si](C)(C)C(C)(C)C)C(CCc1ccccc1)O[Si](C)(C)C. The first kappa shape index (κ1) is 24.1. The highest BCUT2D eigenvalue weighted by atomic mass is 28.4. The van der Waals surface area contributed by atoms with E-state index in [9.17, 15) is 4.79 Å². The molecule has 0 saturated heterocycles. The maximum Gasteiger partial charge on any atom is 0.336 e. The lowest BCUT2D eigenvalue weighted by Gasteiger charge is -2.41. The van der Waals surface area contributed by atoms with E-state index in [1.54, 1.807) is 0 Å². The number of hydrogen-bond acceptors (Lipinski definition) is 4. The molecule has 2 unspecified atom stereocenters.